The Morgan fingerprint density at radius 1 is 1.19 bits per heavy atom. The maximum Gasteiger partial charge on any atom is 0.221 e. The summed E-state index contributed by atoms with van der Waals surface area (Å²) in [6, 6.07) is 17.4. The van der Waals surface area contributed by atoms with Gasteiger partial charge in [0.25, 0.3) is 0 Å². The molecule has 0 aromatic heterocycles. The molecule has 5 nitrogen and oxygen atoms in total. The van der Waals surface area contributed by atoms with Crippen LogP contribution in [0.25, 0.3) is 5.57 Å². The van der Waals surface area contributed by atoms with Gasteiger partial charge in [0.1, 0.15) is 0 Å². The first-order valence-electron chi connectivity index (χ1n) is 8.64. The van der Waals surface area contributed by atoms with Gasteiger partial charge in [-0.2, -0.15) is 0 Å². The van der Waals surface area contributed by atoms with Crippen molar-refractivity contribution in [2.24, 2.45) is 10.7 Å². The fourth-order valence-electron chi connectivity index (χ4n) is 2.36. The number of carbonyl (C=O) groups is 1. The third-order valence-electron chi connectivity index (χ3n) is 3.56. The normalized spacial score (nSPS) is 11.9. The Morgan fingerprint density at radius 2 is 1.96 bits per heavy atom. The first-order valence-corrected chi connectivity index (χ1v) is 8.64. The molecule has 0 fully saturated rings. The smallest absolute Gasteiger partial charge is 0.221 e. The Balaban J connectivity index is 2.27. The number of nitrogens with zero attached hydrogens (tertiary/aromatic N) is 1. The number of allylic oxidation sites excluding steroid dienone is 1. The minimum atomic E-state index is -0.124. The van der Waals surface area contributed by atoms with Crippen LogP contribution in [0.5, 0.6) is 0 Å². The van der Waals surface area contributed by atoms with Crippen molar-refractivity contribution in [2.75, 3.05) is 11.9 Å². The summed E-state index contributed by atoms with van der Waals surface area (Å²) in [5.41, 5.74) is 9.49. The van der Waals surface area contributed by atoms with E-state index in [9.17, 15) is 4.79 Å². The van der Waals surface area contributed by atoms with E-state index in [2.05, 4.69) is 10.3 Å². The van der Waals surface area contributed by atoms with Gasteiger partial charge in [0.05, 0.1) is 18.7 Å². The van der Waals surface area contributed by atoms with Gasteiger partial charge in [-0.05, 0) is 29.7 Å². The van der Waals surface area contributed by atoms with E-state index in [4.69, 9.17) is 10.5 Å². The van der Waals surface area contributed by atoms with Crippen molar-refractivity contribution in [2.45, 2.75) is 26.8 Å². The molecule has 0 aliphatic heterocycles. The molecule has 0 aliphatic rings. The molecule has 2 aromatic carbocycles. The monoisotopic (exact) mass is 351 g/mol. The molecule has 0 saturated heterocycles. The van der Waals surface area contributed by atoms with Crippen LogP contribution in [0.2, 0.25) is 0 Å². The number of nitrogens with two attached hydrogens (primary N) is 1. The molecule has 5 heteroatoms. The summed E-state index contributed by atoms with van der Waals surface area (Å²) in [6.07, 6.45) is 2.59. The summed E-state index contributed by atoms with van der Waals surface area (Å²) in [7, 11) is 0. The molecule has 0 radical (unpaired) electrons. The number of hydrogen-bond donors (Lipinski definition) is 2. The van der Waals surface area contributed by atoms with Gasteiger partial charge in [-0.15, -0.1) is 0 Å². The minimum absolute atomic E-state index is 0.124. The van der Waals surface area contributed by atoms with Gasteiger partial charge >= 0.3 is 0 Å². The molecule has 0 heterocycles. The van der Waals surface area contributed by atoms with Crippen molar-refractivity contribution in [3.05, 3.63) is 71.6 Å². The Morgan fingerprint density at radius 3 is 2.65 bits per heavy atom. The van der Waals surface area contributed by atoms with Crippen LogP contribution >= 0.6 is 0 Å². The first kappa shape index (κ1) is 19.2. The highest BCUT2D eigenvalue weighted by molar-refractivity contribution is 6.10. The molecule has 2 rings (SSSR count). The summed E-state index contributed by atoms with van der Waals surface area (Å²) >= 11 is 0. The predicted molar refractivity (Wildman–Crippen MR) is 107 cm³/mol. The molecule has 0 unspecified atom stereocenters. The summed E-state index contributed by atoms with van der Waals surface area (Å²) < 4.78 is 5.61. The Kier molecular flexibility index (Phi) is 7.43. The molecule has 0 saturated carbocycles. The molecule has 136 valence electrons. The summed E-state index contributed by atoms with van der Waals surface area (Å²) in [4.78, 5) is 15.8. The van der Waals surface area contributed by atoms with Gasteiger partial charge in [-0.1, -0.05) is 49.4 Å². The molecule has 2 aromatic rings. The Labute approximate surface area is 154 Å². The van der Waals surface area contributed by atoms with Gasteiger partial charge in [0.15, 0.2) is 5.88 Å². The van der Waals surface area contributed by atoms with Crippen molar-refractivity contribution in [1.29, 1.82) is 0 Å². The molecule has 0 bridgehead atoms. The van der Waals surface area contributed by atoms with E-state index in [0.29, 0.717) is 30.3 Å². The Bertz CT molecular complexity index is 783. The number of carbonyl (C=O) groups excluding carboxylic acids is 1. The van der Waals surface area contributed by atoms with Crippen molar-refractivity contribution >= 4 is 23.4 Å². The highest BCUT2D eigenvalue weighted by Gasteiger charge is 2.08. The number of nitrogens with one attached hydrogen (secondary N) is 1. The minimum Gasteiger partial charge on any atom is -0.479 e. The zero-order valence-electron chi connectivity index (χ0n) is 15.2. The molecule has 1 amide bonds. The molecular formula is C21H25N3O2. The van der Waals surface area contributed by atoms with Crippen LogP contribution in [0, 0.1) is 0 Å². The van der Waals surface area contributed by atoms with Crippen molar-refractivity contribution in [3.8, 4) is 0 Å². The maximum atomic E-state index is 11.3. The standard InChI is InChI=1S/C21H25N3O2/c1-3-12-26-21(22)20(15-23-14-17-8-5-4-6-9-17)18-10-7-11-19(13-18)24-16(2)25/h4-11,13,15H,3,12,14,22H2,1-2H3,(H,24,25)/b21-20-,23-15?. The predicted octanol–water partition coefficient (Wildman–Crippen LogP) is 3.97. The summed E-state index contributed by atoms with van der Waals surface area (Å²) in [5.74, 6) is 0.198. The number of anilines is 1. The van der Waals surface area contributed by atoms with Crippen LogP contribution in [-0.2, 0) is 16.1 Å². The van der Waals surface area contributed by atoms with Gasteiger partial charge in [-0.25, -0.2) is 0 Å². The largest absolute Gasteiger partial charge is 0.479 e. The van der Waals surface area contributed by atoms with Crippen LogP contribution in [-0.4, -0.2) is 18.7 Å². The number of rotatable bonds is 8. The van der Waals surface area contributed by atoms with Crippen molar-refractivity contribution < 1.29 is 9.53 Å². The lowest BCUT2D eigenvalue weighted by Crippen LogP contribution is -2.09. The number of hydrogen-bond acceptors (Lipinski definition) is 4. The lowest BCUT2D eigenvalue weighted by molar-refractivity contribution is -0.114. The Hall–Kier alpha value is -3.08. The fourth-order valence-corrected chi connectivity index (χ4v) is 2.36. The second-order valence-electron chi connectivity index (χ2n) is 5.84. The van der Waals surface area contributed by atoms with Gasteiger partial charge in [-0.3, -0.25) is 9.79 Å². The van der Waals surface area contributed by atoms with Crippen LogP contribution in [0.15, 0.2) is 65.5 Å². The van der Waals surface area contributed by atoms with Gasteiger partial charge in [0, 0.05) is 18.8 Å². The second-order valence-corrected chi connectivity index (χ2v) is 5.84. The fraction of sp³-hybridized carbons (Fsp3) is 0.238. The SMILES string of the molecule is CCCO/C(N)=C(/C=NCc1ccccc1)c1cccc(NC(C)=O)c1. The number of benzene rings is 2. The summed E-state index contributed by atoms with van der Waals surface area (Å²) in [5, 5.41) is 2.78. The molecular weight excluding hydrogens is 326 g/mol. The number of aliphatic imine (C=N–C) groups is 1. The average molecular weight is 351 g/mol. The van der Waals surface area contributed by atoms with Crippen LogP contribution in [0.3, 0.4) is 0 Å². The van der Waals surface area contributed by atoms with Crippen LogP contribution < -0.4 is 11.1 Å². The quantitative estimate of drug-likeness (QED) is 0.558. The van der Waals surface area contributed by atoms with E-state index in [1.165, 1.54) is 6.92 Å². The summed E-state index contributed by atoms with van der Waals surface area (Å²) in [6.45, 7) is 4.58. The lowest BCUT2D eigenvalue weighted by Gasteiger charge is -2.11. The third kappa shape index (κ3) is 6.09. The van der Waals surface area contributed by atoms with E-state index < -0.39 is 0 Å². The molecule has 3 N–H and O–H groups in total. The second kappa shape index (κ2) is 10.0. The number of ether oxygens (including phenoxy) is 1. The molecule has 0 spiro atoms. The van der Waals surface area contributed by atoms with Crippen molar-refractivity contribution in [3.63, 3.8) is 0 Å². The topological polar surface area (TPSA) is 76.7 Å². The zero-order valence-corrected chi connectivity index (χ0v) is 15.2. The first-order chi connectivity index (χ1) is 12.6. The maximum absolute atomic E-state index is 11.3. The van der Waals surface area contributed by atoms with E-state index in [1.807, 2.05) is 61.5 Å². The highest BCUT2D eigenvalue weighted by Crippen LogP contribution is 2.20. The van der Waals surface area contributed by atoms with Crippen LogP contribution in [0.1, 0.15) is 31.4 Å². The zero-order chi connectivity index (χ0) is 18.8. The third-order valence-corrected chi connectivity index (χ3v) is 3.56. The number of amides is 1. The van der Waals surface area contributed by atoms with E-state index in [-0.39, 0.29) is 5.91 Å². The van der Waals surface area contributed by atoms with Crippen molar-refractivity contribution in [1.82, 2.24) is 0 Å². The van der Waals surface area contributed by atoms with E-state index in [1.54, 1.807) is 6.21 Å². The van der Waals surface area contributed by atoms with E-state index in [0.717, 1.165) is 17.5 Å². The van der Waals surface area contributed by atoms with Gasteiger partial charge < -0.3 is 15.8 Å². The highest BCUT2D eigenvalue weighted by atomic mass is 16.5. The molecule has 26 heavy (non-hydrogen) atoms. The average Bonchev–Trinajstić information content (AvgIpc) is 2.64. The van der Waals surface area contributed by atoms with E-state index >= 15 is 0 Å². The van der Waals surface area contributed by atoms with Crippen LogP contribution in [0.4, 0.5) is 5.69 Å². The van der Waals surface area contributed by atoms with Gasteiger partial charge in [0.2, 0.25) is 5.91 Å². The lowest BCUT2D eigenvalue weighted by atomic mass is 10.1. The molecule has 0 atom stereocenters. The molecule has 0 aliphatic carbocycles.